The van der Waals surface area contributed by atoms with Gasteiger partial charge in [-0.1, -0.05) is 35.1 Å². The quantitative estimate of drug-likeness (QED) is 0.556. The van der Waals surface area contributed by atoms with Crippen molar-refractivity contribution in [3.63, 3.8) is 0 Å². The summed E-state index contributed by atoms with van der Waals surface area (Å²) in [5, 5.41) is 0.385. The molecule has 156 valence electrons. The molecule has 2 aromatic carbocycles. The van der Waals surface area contributed by atoms with Gasteiger partial charge in [0, 0.05) is 19.2 Å². The molecule has 1 amide bonds. The fourth-order valence-electron chi connectivity index (χ4n) is 2.99. The minimum absolute atomic E-state index is 0. The number of hydrogen-bond donors (Lipinski definition) is 0. The fourth-order valence-corrected chi connectivity index (χ4v) is 4.04. The third kappa shape index (κ3) is 5.50. The smallest absolute Gasteiger partial charge is 0.233 e. The molecule has 0 radical (unpaired) electrons. The van der Waals surface area contributed by atoms with Crippen LogP contribution in [0.15, 0.2) is 30.3 Å². The van der Waals surface area contributed by atoms with E-state index < -0.39 is 11.6 Å². The number of benzene rings is 2. The molecule has 29 heavy (non-hydrogen) atoms. The van der Waals surface area contributed by atoms with E-state index in [1.54, 1.807) is 4.90 Å². The zero-order valence-electron chi connectivity index (χ0n) is 16.8. The molecule has 0 aliphatic rings. The zero-order valence-corrected chi connectivity index (χ0v) is 18.5. The lowest BCUT2D eigenvalue weighted by molar-refractivity contribution is -0.118. The number of rotatable bonds is 6. The first kappa shape index (κ1) is 23.2. The summed E-state index contributed by atoms with van der Waals surface area (Å²) in [6.07, 6.45) is 0.228. The molecule has 0 spiro atoms. The molecule has 3 rings (SSSR count). The van der Waals surface area contributed by atoms with Gasteiger partial charge in [-0.15, -0.1) is 12.4 Å². The Balaban J connectivity index is 0.00000300. The van der Waals surface area contributed by atoms with Crippen molar-refractivity contribution < 1.29 is 13.6 Å². The average Bonchev–Trinajstić information content (AvgIpc) is 3.01. The highest BCUT2D eigenvalue weighted by Crippen LogP contribution is 2.31. The van der Waals surface area contributed by atoms with Gasteiger partial charge in [0.25, 0.3) is 0 Å². The minimum atomic E-state index is -0.716. The van der Waals surface area contributed by atoms with Crippen molar-refractivity contribution in [3.8, 4) is 0 Å². The molecular weight excluding hydrogens is 416 g/mol. The maximum absolute atomic E-state index is 14.1. The number of amides is 1. The van der Waals surface area contributed by atoms with Gasteiger partial charge in [0.15, 0.2) is 10.9 Å². The minimum Gasteiger partial charge on any atom is -0.308 e. The predicted molar refractivity (Wildman–Crippen MR) is 117 cm³/mol. The fraction of sp³-hybridized carbons (Fsp3) is 0.333. The van der Waals surface area contributed by atoms with Gasteiger partial charge >= 0.3 is 0 Å². The maximum atomic E-state index is 14.1. The number of thiazole rings is 1. The van der Waals surface area contributed by atoms with Crippen molar-refractivity contribution in [1.29, 1.82) is 0 Å². The summed E-state index contributed by atoms with van der Waals surface area (Å²) in [4.78, 5) is 20.9. The second-order valence-electron chi connectivity index (χ2n) is 7.19. The highest BCUT2D eigenvalue weighted by atomic mass is 35.5. The second-order valence-corrected chi connectivity index (χ2v) is 8.20. The summed E-state index contributed by atoms with van der Waals surface area (Å²) in [5.74, 6) is -1.48. The van der Waals surface area contributed by atoms with Gasteiger partial charge in [0.05, 0.1) is 11.1 Å². The van der Waals surface area contributed by atoms with Crippen LogP contribution in [0.3, 0.4) is 0 Å². The topological polar surface area (TPSA) is 36.4 Å². The lowest BCUT2D eigenvalue weighted by Crippen LogP contribution is -2.37. The van der Waals surface area contributed by atoms with Crippen LogP contribution >= 0.6 is 23.7 Å². The molecular formula is C21H24ClF2N3OS. The molecule has 0 saturated carbocycles. The molecule has 8 heteroatoms. The van der Waals surface area contributed by atoms with Gasteiger partial charge < -0.3 is 4.90 Å². The zero-order chi connectivity index (χ0) is 20.4. The molecule has 0 fully saturated rings. The van der Waals surface area contributed by atoms with Crippen LogP contribution in [0.25, 0.3) is 10.2 Å². The number of anilines is 1. The molecule has 0 aliphatic carbocycles. The molecule has 4 nitrogen and oxygen atoms in total. The number of nitrogens with zero attached hydrogens (tertiary/aromatic N) is 3. The third-order valence-electron chi connectivity index (χ3n) is 4.54. The van der Waals surface area contributed by atoms with Gasteiger partial charge in [0.1, 0.15) is 11.3 Å². The third-order valence-corrected chi connectivity index (χ3v) is 5.57. The number of halogens is 3. The first-order valence-corrected chi connectivity index (χ1v) is 9.83. The predicted octanol–water partition coefficient (Wildman–Crippen LogP) is 4.75. The monoisotopic (exact) mass is 439 g/mol. The van der Waals surface area contributed by atoms with Crippen molar-refractivity contribution in [2.75, 3.05) is 32.1 Å². The van der Waals surface area contributed by atoms with Crippen LogP contribution in [-0.4, -0.2) is 43.0 Å². The van der Waals surface area contributed by atoms with Crippen LogP contribution < -0.4 is 4.90 Å². The number of carbonyl (C=O) groups excluding carboxylic acids is 1. The molecule has 0 aliphatic heterocycles. The van der Waals surface area contributed by atoms with Gasteiger partial charge in [-0.3, -0.25) is 9.69 Å². The largest absolute Gasteiger partial charge is 0.308 e. The van der Waals surface area contributed by atoms with Crippen LogP contribution in [0.5, 0.6) is 0 Å². The van der Waals surface area contributed by atoms with Crippen molar-refractivity contribution in [2.24, 2.45) is 0 Å². The summed E-state index contributed by atoms with van der Waals surface area (Å²) in [6, 6.07) is 8.05. The molecule has 0 bridgehead atoms. The first-order chi connectivity index (χ1) is 13.2. The number of fused-ring (bicyclic) bond motifs is 1. The SMILES string of the molecule is Cc1ccc(CC(=O)N(CCN(C)C)c2nc3c(F)cc(F)cc3s2)c(C)c1.Cl. The van der Waals surface area contributed by atoms with Crippen molar-refractivity contribution in [2.45, 2.75) is 20.3 Å². The Morgan fingerprint density at radius 1 is 1.10 bits per heavy atom. The molecule has 0 unspecified atom stereocenters. The highest BCUT2D eigenvalue weighted by molar-refractivity contribution is 7.22. The van der Waals surface area contributed by atoms with E-state index >= 15 is 0 Å². The van der Waals surface area contributed by atoms with E-state index in [0.717, 1.165) is 34.1 Å². The average molecular weight is 440 g/mol. The van der Waals surface area contributed by atoms with Crippen molar-refractivity contribution in [3.05, 3.63) is 58.7 Å². The molecule has 3 aromatic rings. The van der Waals surface area contributed by atoms with E-state index in [4.69, 9.17) is 0 Å². The first-order valence-electron chi connectivity index (χ1n) is 9.01. The van der Waals surface area contributed by atoms with Gasteiger partial charge in [-0.25, -0.2) is 13.8 Å². The maximum Gasteiger partial charge on any atom is 0.233 e. The van der Waals surface area contributed by atoms with Gasteiger partial charge in [-0.2, -0.15) is 0 Å². The number of likely N-dealkylation sites (N-methyl/N-ethyl adjacent to an activating group) is 1. The Morgan fingerprint density at radius 2 is 1.83 bits per heavy atom. The van der Waals surface area contributed by atoms with Crippen LogP contribution in [0.4, 0.5) is 13.9 Å². The summed E-state index contributed by atoms with van der Waals surface area (Å²) < 4.78 is 28.0. The second kappa shape index (κ2) is 9.61. The summed E-state index contributed by atoms with van der Waals surface area (Å²) in [5.41, 5.74) is 3.24. The van der Waals surface area contributed by atoms with Crippen molar-refractivity contribution in [1.82, 2.24) is 9.88 Å². The number of hydrogen-bond acceptors (Lipinski definition) is 4. The van der Waals surface area contributed by atoms with Crippen LogP contribution in [0.1, 0.15) is 16.7 Å². The summed E-state index contributed by atoms with van der Waals surface area (Å²) in [7, 11) is 3.83. The molecule has 0 atom stereocenters. The van der Waals surface area contributed by atoms with Gasteiger partial charge in [0.2, 0.25) is 5.91 Å². The Bertz CT molecular complexity index is 1020. The molecule has 0 N–H and O–H groups in total. The summed E-state index contributed by atoms with van der Waals surface area (Å²) in [6.45, 7) is 5.04. The number of aryl methyl sites for hydroxylation is 2. The van der Waals surface area contributed by atoms with E-state index in [-0.39, 0.29) is 30.3 Å². The lowest BCUT2D eigenvalue weighted by atomic mass is 10.0. The van der Waals surface area contributed by atoms with E-state index in [2.05, 4.69) is 4.98 Å². The number of carbonyl (C=O) groups is 1. The molecule has 1 heterocycles. The standard InChI is InChI=1S/C21H23F2N3OS.ClH/c1-13-5-6-15(14(2)9-13)10-19(27)26(8-7-25(3)4)21-24-20-17(23)11-16(22)12-18(20)28-21;/h5-6,9,11-12H,7-8,10H2,1-4H3;1H. The van der Waals surface area contributed by atoms with Crippen LogP contribution in [0, 0.1) is 25.5 Å². The summed E-state index contributed by atoms with van der Waals surface area (Å²) >= 11 is 1.13. The molecule has 0 saturated heterocycles. The van der Waals surface area contributed by atoms with E-state index in [0.29, 0.717) is 22.9 Å². The van der Waals surface area contributed by atoms with Gasteiger partial charge in [-0.05, 0) is 45.1 Å². The Hall–Kier alpha value is -2.09. The van der Waals surface area contributed by atoms with E-state index in [1.165, 1.54) is 6.07 Å². The van der Waals surface area contributed by atoms with E-state index in [9.17, 15) is 13.6 Å². The Morgan fingerprint density at radius 3 is 2.48 bits per heavy atom. The van der Waals surface area contributed by atoms with Crippen LogP contribution in [-0.2, 0) is 11.2 Å². The normalized spacial score (nSPS) is 11.0. The van der Waals surface area contributed by atoms with Crippen molar-refractivity contribution >= 4 is 45.0 Å². The highest BCUT2D eigenvalue weighted by Gasteiger charge is 2.22. The van der Waals surface area contributed by atoms with Crippen LogP contribution in [0.2, 0.25) is 0 Å². The Labute approximate surface area is 179 Å². The number of aromatic nitrogens is 1. The van der Waals surface area contributed by atoms with E-state index in [1.807, 2.05) is 51.0 Å². The lowest BCUT2D eigenvalue weighted by Gasteiger charge is -2.22. The Kier molecular flexibility index (Phi) is 7.68. The molecule has 1 aromatic heterocycles.